The van der Waals surface area contributed by atoms with Crippen LogP contribution in [0.15, 0.2) is 50.2 Å². The van der Waals surface area contributed by atoms with Crippen LogP contribution in [0.5, 0.6) is 0 Å². The van der Waals surface area contributed by atoms with Crippen LogP contribution in [0.4, 0.5) is 0 Å². The minimum atomic E-state index is -0.153. The van der Waals surface area contributed by atoms with Crippen molar-refractivity contribution in [3.63, 3.8) is 0 Å². The van der Waals surface area contributed by atoms with E-state index in [9.17, 15) is 0 Å². The maximum Gasteiger partial charge on any atom is 0.134 e. The topological polar surface area (TPSA) is 39.2 Å². The van der Waals surface area contributed by atoms with Crippen LogP contribution in [0.3, 0.4) is 0 Å². The normalized spacial score (nSPS) is 13.1. The molecule has 0 saturated heterocycles. The highest BCUT2D eigenvalue weighted by Crippen LogP contribution is 2.34. The second-order valence-corrected chi connectivity index (χ2v) is 5.44. The van der Waals surface area contributed by atoms with Gasteiger partial charge in [0.1, 0.15) is 5.58 Å². The number of halogens is 1. The van der Waals surface area contributed by atoms with Crippen molar-refractivity contribution in [1.29, 1.82) is 0 Å². The summed E-state index contributed by atoms with van der Waals surface area (Å²) in [6.07, 6.45) is 1.75. The highest BCUT2D eigenvalue weighted by Gasteiger charge is 2.17. The van der Waals surface area contributed by atoms with E-state index in [-0.39, 0.29) is 6.04 Å². The van der Waals surface area contributed by atoms with Crippen LogP contribution < -0.4 is 5.73 Å². The number of hydrogen-bond donors (Lipinski definition) is 1. The standard InChI is InChI=1S/C13H10BrNOS/c14-11-7-17-6-10(11)13(15)9-5-16-12-4-2-1-3-8(9)12/h1-7,13H,15H2. The first-order valence-corrected chi connectivity index (χ1v) is 6.94. The van der Waals surface area contributed by atoms with Crippen LogP contribution in [-0.2, 0) is 0 Å². The zero-order valence-corrected chi connectivity index (χ0v) is 11.3. The fourth-order valence-electron chi connectivity index (χ4n) is 1.92. The lowest BCUT2D eigenvalue weighted by atomic mass is 10.0. The van der Waals surface area contributed by atoms with E-state index in [2.05, 4.69) is 21.3 Å². The van der Waals surface area contributed by atoms with Crippen molar-refractivity contribution in [3.05, 3.63) is 56.9 Å². The van der Waals surface area contributed by atoms with E-state index in [1.165, 1.54) is 0 Å². The Morgan fingerprint density at radius 3 is 2.76 bits per heavy atom. The number of thiophene rings is 1. The van der Waals surface area contributed by atoms with Gasteiger partial charge in [-0.2, -0.15) is 11.3 Å². The molecule has 3 aromatic rings. The predicted octanol–water partition coefficient (Wildman–Crippen LogP) is 4.30. The van der Waals surface area contributed by atoms with Crippen LogP contribution in [0.2, 0.25) is 0 Å². The van der Waals surface area contributed by atoms with Gasteiger partial charge in [-0.25, -0.2) is 0 Å². The summed E-state index contributed by atoms with van der Waals surface area (Å²) in [4.78, 5) is 0. The molecule has 2 aromatic heterocycles. The van der Waals surface area contributed by atoms with Gasteiger partial charge in [0.2, 0.25) is 0 Å². The smallest absolute Gasteiger partial charge is 0.134 e. The van der Waals surface area contributed by atoms with Gasteiger partial charge in [-0.1, -0.05) is 18.2 Å². The maximum absolute atomic E-state index is 6.29. The summed E-state index contributed by atoms with van der Waals surface area (Å²) >= 11 is 5.16. The number of fused-ring (bicyclic) bond motifs is 1. The molecule has 17 heavy (non-hydrogen) atoms. The van der Waals surface area contributed by atoms with Gasteiger partial charge >= 0.3 is 0 Å². The zero-order chi connectivity index (χ0) is 11.8. The van der Waals surface area contributed by atoms with Crippen LogP contribution in [-0.4, -0.2) is 0 Å². The molecule has 4 heteroatoms. The number of furan rings is 1. The molecule has 0 bridgehead atoms. The lowest BCUT2D eigenvalue weighted by molar-refractivity contribution is 0.607. The summed E-state index contributed by atoms with van der Waals surface area (Å²) in [6, 6.07) is 7.79. The highest BCUT2D eigenvalue weighted by atomic mass is 79.9. The second kappa shape index (κ2) is 4.29. The molecular weight excluding hydrogens is 298 g/mol. The molecule has 0 fully saturated rings. The molecule has 2 heterocycles. The molecule has 1 unspecified atom stereocenters. The van der Waals surface area contributed by atoms with E-state index in [1.807, 2.05) is 29.6 Å². The SMILES string of the molecule is NC(c1cscc1Br)c1coc2ccccc12. The van der Waals surface area contributed by atoms with E-state index in [1.54, 1.807) is 17.6 Å². The Kier molecular flexibility index (Phi) is 2.78. The molecule has 2 N–H and O–H groups in total. The molecule has 86 valence electrons. The summed E-state index contributed by atoms with van der Waals surface area (Å²) in [5, 5.41) is 5.19. The summed E-state index contributed by atoms with van der Waals surface area (Å²) in [5.41, 5.74) is 9.29. The average molecular weight is 308 g/mol. The molecule has 0 spiro atoms. The lowest BCUT2D eigenvalue weighted by Gasteiger charge is -2.09. The molecule has 0 aliphatic heterocycles. The van der Waals surface area contributed by atoms with Gasteiger partial charge < -0.3 is 10.2 Å². The second-order valence-electron chi connectivity index (χ2n) is 3.84. The largest absolute Gasteiger partial charge is 0.464 e. The van der Waals surface area contributed by atoms with Gasteiger partial charge in [0, 0.05) is 20.8 Å². The van der Waals surface area contributed by atoms with Gasteiger partial charge in [0.05, 0.1) is 12.3 Å². The Balaban J connectivity index is 2.13. The van der Waals surface area contributed by atoms with Crippen molar-refractivity contribution < 1.29 is 4.42 Å². The number of para-hydroxylation sites is 1. The van der Waals surface area contributed by atoms with Crippen LogP contribution in [0, 0.1) is 0 Å². The van der Waals surface area contributed by atoms with Crippen molar-refractivity contribution in [2.24, 2.45) is 5.73 Å². The van der Waals surface area contributed by atoms with Crippen LogP contribution in [0.25, 0.3) is 11.0 Å². The molecule has 0 saturated carbocycles. The number of nitrogens with two attached hydrogens (primary N) is 1. The molecule has 0 aliphatic carbocycles. The first kappa shape index (κ1) is 11.0. The third-order valence-corrected chi connectivity index (χ3v) is 4.57. The minimum absolute atomic E-state index is 0.153. The Labute approximate surface area is 111 Å². The Bertz CT molecular complexity index is 658. The lowest BCUT2D eigenvalue weighted by Crippen LogP contribution is -2.10. The highest BCUT2D eigenvalue weighted by molar-refractivity contribution is 9.10. The first-order valence-electron chi connectivity index (χ1n) is 5.20. The van der Waals surface area contributed by atoms with E-state index < -0.39 is 0 Å². The van der Waals surface area contributed by atoms with Gasteiger partial charge in [0.25, 0.3) is 0 Å². The quantitative estimate of drug-likeness (QED) is 0.766. The number of benzene rings is 1. The molecular formula is C13H10BrNOS. The first-order chi connectivity index (χ1) is 8.27. The third-order valence-electron chi connectivity index (χ3n) is 2.82. The van der Waals surface area contributed by atoms with E-state index in [4.69, 9.17) is 10.2 Å². The van der Waals surface area contributed by atoms with Crippen molar-refractivity contribution in [3.8, 4) is 0 Å². The Morgan fingerprint density at radius 2 is 2.00 bits per heavy atom. The van der Waals surface area contributed by atoms with Gasteiger partial charge in [-0.15, -0.1) is 0 Å². The minimum Gasteiger partial charge on any atom is -0.464 e. The molecule has 0 aliphatic rings. The molecule has 1 atom stereocenters. The summed E-state index contributed by atoms with van der Waals surface area (Å²) in [5.74, 6) is 0. The molecule has 2 nitrogen and oxygen atoms in total. The van der Waals surface area contributed by atoms with Crippen molar-refractivity contribution in [2.75, 3.05) is 0 Å². The number of hydrogen-bond acceptors (Lipinski definition) is 3. The Hall–Kier alpha value is -1.10. The molecule has 0 amide bonds. The van der Waals surface area contributed by atoms with Crippen molar-refractivity contribution >= 4 is 38.2 Å². The fraction of sp³-hybridized carbons (Fsp3) is 0.0769. The third kappa shape index (κ3) is 1.82. The summed E-state index contributed by atoms with van der Waals surface area (Å²) in [7, 11) is 0. The van der Waals surface area contributed by atoms with E-state index in [0.717, 1.165) is 26.6 Å². The molecule has 0 radical (unpaired) electrons. The van der Waals surface area contributed by atoms with Crippen LogP contribution >= 0.6 is 27.3 Å². The Morgan fingerprint density at radius 1 is 1.18 bits per heavy atom. The summed E-state index contributed by atoms with van der Waals surface area (Å²) in [6.45, 7) is 0. The van der Waals surface area contributed by atoms with Gasteiger partial charge in [-0.05, 0) is 32.9 Å². The van der Waals surface area contributed by atoms with Gasteiger partial charge in [-0.3, -0.25) is 0 Å². The van der Waals surface area contributed by atoms with Gasteiger partial charge in [0.15, 0.2) is 0 Å². The summed E-state index contributed by atoms with van der Waals surface area (Å²) < 4.78 is 6.57. The zero-order valence-electron chi connectivity index (χ0n) is 8.89. The van der Waals surface area contributed by atoms with Crippen molar-refractivity contribution in [2.45, 2.75) is 6.04 Å². The predicted molar refractivity (Wildman–Crippen MR) is 74.3 cm³/mol. The van der Waals surface area contributed by atoms with Crippen molar-refractivity contribution in [1.82, 2.24) is 0 Å². The average Bonchev–Trinajstić information content (AvgIpc) is 2.94. The molecule has 1 aromatic carbocycles. The molecule has 3 rings (SSSR count). The monoisotopic (exact) mass is 307 g/mol. The maximum atomic E-state index is 6.29. The van der Waals surface area contributed by atoms with E-state index in [0.29, 0.717) is 0 Å². The van der Waals surface area contributed by atoms with E-state index >= 15 is 0 Å². The van der Waals surface area contributed by atoms with Crippen LogP contribution in [0.1, 0.15) is 17.2 Å². The number of rotatable bonds is 2. The fourth-order valence-corrected chi connectivity index (χ4v) is 3.50.